The first-order chi connectivity index (χ1) is 8.15. The summed E-state index contributed by atoms with van der Waals surface area (Å²) >= 11 is 6.16. The summed E-state index contributed by atoms with van der Waals surface area (Å²) in [5, 5.41) is 5.00. The average molecular weight is 258 g/mol. The second-order valence-electron chi connectivity index (χ2n) is 3.73. The molecule has 3 N–H and O–H groups in total. The minimum atomic E-state index is -0.241. The van der Waals surface area contributed by atoms with E-state index >= 15 is 0 Å². The van der Waals surface area contributed by atoms with Crippen molar-refractivity contribution in [2.45, 2.75) is 20.0 Å². The smallest absolute Gasteiger partial charge is 0.220 e. The van der Waals surface area contributed by atoms with Gasteiger partial charge in [-0.15, -0.1) is 0 Å². The predicted octanol–water partition coefficient (Wildman–Crippen LogP) is 0.409. The molecule has 0 bridgehead atoms. The Morgan fingerprint density at radius 2 is 2.41 bits per heavy atom. The van der Waals surface area contributed by atoms with Gasteiger partial charge in [0.15, 0.2) is 0 Å². The van der Waals surface area contributed by atoms with Gasteiger partial charge in [0.1, 0.15) is 22.7 Å². The standard InChI is InChI=1S/C10H16ClN5O/c1-3-17-10-7(9-13-4-5-14-9)8(11)15-6(2)16(10)12/h6H,3-5,12H2,1-2H3,(H,13,14). The first-order valence-electron chi connectivity index (χ1n) is 5.58. The van der Waals surface area contributed by atoms with Gasteiger partial charge in [0.2, 0.25) is 5.88 Å². The summed E-state index contributed by atoms with van der Waals surface area (Å²) in [5.41, 5.74) is 0.645. The molecule has 0 radical (unpaired) electrons. The van der Waals surface area contributed by atoms with E-state index < -0.39 is 0 Å². The Labute approximate surface area is 105 Å². The van der Waals surface area contributed by atoms with Crippen LogP contribution >= 0.6 is 11.6 Å². The Balaban J connectivity index is 2.42. The van der Waals surface area contributed by atoms with E-state index in [-0.39, 0.29) is 6.17 Å². The number of halogens is 1. The summed E-state index contributed by atoms with van der Waals surface area (Å²) in [7, 11) is 0. The van der Waals surface area contributed by atoms with E-state index in [1.54, 1.807) is 0 Å². The third-order valence-electron chi connectivity index (χ3n) is 2.55. The van der Waals surface area contributed by atoms with Crippen molar-refractivity contribution in [2.75, 3.05) is 19.7 Å². The molecule has 0 amide bonds. The fraction of sp³-hybridized carbons (Fsp3) is 0.600. The minimum Gasteiger partial charge on any atom is -0.478 e. The highest BCUT2D eigenvalue weighted by atomic mass is 35.5. The summed E-state index contributed by atoms with van der Waals surface area (Å²) in [5.74, 6) is 7.15. The molecule has 0 saturated carbocycles. The van der Waals surface area contributed by atoms with Crippen LogP contribution in [-0.2, 0) is 4.74 Å². The normalized spacial score (nSPS) is 24.5. The molecule has 2 rings (SSSR count). The number of nitrogens with zero attached hydrogens (tertiary/aromatic N) is 3. The van der Waals surface area contributed by atoms with Gasteiger partial charge in [0.25, 0.3) is 0 Å². The van der Waals surface area contributed by atoms with E-state index in [2.05, 4.69) is 15.3 Å². The molecular formula is C10H16ClN5O. The third kappa shape index (κ3) is 2.23. The Hall–Kier alpha value is -1.27. The van der Waals surface area contributed by atoms with Gasteiger partial charge in [-0.25, -0.2) is 10.8 Å². The zero-order valence-corrected chi connectivity index (χ0v) is 10.7. The van der Waals surface area contributed by atoms with Crippen LogP contribution < -0.4 is 11.2 Å². The fourth-order valence-electron chi connectivity index (χ4n) is 1.73. The molecule has 0 aliphatic carbocycles. The molecule has 7 heteroatoms. The number of nitrogens with two attached hydrogens (primary N) is 1. The van der Waals surface area contributed by atoms with Crippen molar-refractivity contribution in [3.8, 4) is 0 Å². The first-order valence-corrected chi connectivity index (χ1v) is 5.96. The fourth-order valence-corrected chi connectivity index (χ4v) is 2.04. The second-order valence-corrected chi connectivity index (χ2v) is 4.09. The van der Waals surface area contributed by atoms with Gasteiger partial charge in [-0.05, 0) is 13.8 Å². The van der Waals surface area contributed by atoms with Crippen molar-refractivity contribution in [3.63, 3.8) is 0 Å². The molecule has 17 heavy (non-hydrogen) atoms. The zero-order valence-electron chi connectivity index (χ0n) is 9.90. The number of hydrazine groups is 1. The molecule has 0 aromatic heterocycles. The molecule has 0 saturated heterocycles. The number of ether oxygens (including phenoxy) is 1. The summed E-state index contributed by atoms with van der Waals surface area (Å²) in [6.45, 7) is 5.77. The quantitative estimate of drug-likeness (QED) is 0.718. The molecule has 94 valence electrons. The highest BCUT2D eigenvalue weighted by molar-refractivity contribution is 6.72. The Morgan fingerprint density at radius 3 is 3.00 bits per heavy atom. The van der Waals surface area contributed by atoms with Gasteiger partial charge in [-0.3, -0.25) is 10.0 Å². The lowest BCUT2D eigenvalue weighted by Crippen LogP contribution is -2.44. The van der Waals surface area contributed by atoms with Crippen LogP contribution in [0.4, 0.5) is 0 Å². The van der Waals surface area contributed by atoms with E-state index in [9.17, 15) is 0 Å². The summed E-state index contributed by atoms with van der Waals surface area (Å²) in [6, 6.07) is 0. The lowest BCUT2D eigenvalue weighted by molar-refractivity contribution is 0.0951. The average Bonchev–Trinajstić information content (AvgIpc) is 2.79. The van der Waals surface area contributed by atoms with Crippen LogP contribution in [0.5, 0.6) is 0 Å². The Morgan fingerprint density at radius 1 is 1.65 bits per heavy atom. The molecule has 0 aromatic carbocycles. The SMILES string of the molecule is CCOC1=C(C2=NCCN2)C(Cl)=NC(C)N1N. The van der Waals surface area contributed by atoms with Gasteiger partial charge in [0.05, 0.1) is 13.2 Å². The molecule has 1 unspecified atom stereocenters. The van der Waals surface area contributed by atoms with Crippen LogP contribution in [-0.4, -0.2) is 41.9 Å². The van der Waals surface area contributed by atoms with Crippen LogP contribution in [0, 0.1) is 0 Å². The van der Waals surface area contributed by atoms with Crippen molar-refractivity contribution < 1.29 is 4.74 Å². The van der Waals surface area contributed by atoms with Gasteiger partial charge in [0, 0.05) is 6.54 Å². The van der Waals surface area contributed by atoms with Crippen molar-refractivity contribution >= 4 is 22.6 Å². The van der Waals surface area contributed by atoms with Crippen molar-refractivity contribution in [1.29, 1.82) is 0 Å². The van der Waals surface area contributed by atoms with Crippen molar-refractivity contribution in [2.24, 2.45) is 15.8 Å². The van der Waals surface area contributed by atoms with Gasteiger partial charge in [-0.2, -0.15) is 0 Å². The third-order valence-corrected chi connectivity index (χ3v) is 2.84. The van der Waals surface area contributed by atoms with E-state index in [1.165, 1.54) is 5.01 Å². The number of aliphatic imine (C=N–C) groups is 2. The van der Waals surface area contributed by atoms with E-state index in [0.717, 1.165) is 13.1 Å². The highest BCUT2D eigenvalue weighted by Gasteiger charge is 2.30. The maximum absolute atomic E-state index is 6.16. The molecular weight excluding hydrogens is 242 g/mol. The molecule has 2 aliphatic rings. The maximum atomic E-state index is 6.16. The van der Waals surface area contributed by atoms with Crippen LogP contribution in [0.2, 0.25) is 0 Å². The van der Waals surface area contributed by atoms with E-state index in [0.29, 0.717) is 29.1 Å². The first kappa shape index (κ1) is 12.2. The van der Waals surface area contributed by atoms with Crippen LogP contribution in [0.15, 0.2) is 21.4 Å². The molecule has 0 aromatic rings. The molecule has 2 heterocycles. The van der Waals surface area contributed by atoms with E-state index in [1.807, 2.05) is 13.8 Å². The van der Waals surface area contributed by atoms with Gasteiger partial charge in [-0.1, -0.05) is 11.6 Å². The highest BCUT2D eigenvalue weighted by Crippen LogP contribution is 2.23. The predicted molar refractivity (Wildman–Crippen MR) is 67.7 cm³/mol. The van der Waals surface area contributed by atoms with Crippen molar-refractivity contribution in [3.05, 3.63) is 11.5 Å². The molecule has 6 nitrogen and oxygen atoms in total. The lowest BCUT2D eigenvalue weighted by atomic mass is 10.2. The maximum Gasteiger partial charge on any atom is 0.220 e. The Kier molecular flexibility index (Phi) is 3.54. The van der Waals surface area contributed by atoms with Crippen LogP contribution in [0.3, 0.4) is 0 Å². The van der Waals surface area contributed by atoms with Gasteiger partial charge >= 0.3 is 0 Å². The summed E-state index contributed by atoms with van der Waals surface area (Å²) in [6.07, 6.45) is -0.241. The molecule has 0 fully saturated rings. The lowest BCUT2D eigenvalue weighted by Gasteiger charge is -2.31. The number of hydrogen-bond donors (Lipinski definition) is 2. The number of hydrogen-bond acceptors (Lipinski definition) is 6. The minimum absolute atomic E-state index is 0.241. The second kappa shape index (κ2) is 4.93. The van der Waals surface area contributed by atoms with Crippen molar-refractivity contribution in [1.82, 2.24) is 10.3 Å². The largest absolute Gasteiger partial charge is 0.478 e. The molecule has 0 spiro atoms. The van der Waals surface area contributed by atoms with E-state index in [4.69, 9.17) is 22.2 Å². The summed E-state index contributed by atoms with van der Waals surface area (Å²) in [4.78, 5) is 8.57. The number of amidine groups is 1. The van der Waals surface area contributed by atoms with Crippen LogP contribution in [0.25, 0.3) is 0 Å². The zero-order chi connectivity index (χ0) is 12.4. The summed E-state index contributed by atoms with van der Waals surface area (Å²) < 4.78 is 5.56. The monoisotopic (exact) mass is 257 g/mol. The Bertz CT molecular complexity index is 404. The topological polar surface area (TPSA) is 75.2 Å². The molecule has 1 atom stereocenters. The number of nitrogens with one attached hydrogen (secondary N) is 1. The molecule has 2 aliphatic heterocycles. The van der Waals surface area contributed by atoms with Crippen LogP contribution in [0.1, 0.15) is 13.8 Å². The van der Waals surface area contributed by atoms with Gasteiger partial charge < -0.3 is 10.1 Å². The number of rotatable bonds is 3.